The van der Waals surface area contributed by atoms with Crippen molar-refractivity contribution in [3.8, 4) is 0 Å². The van der Waals surface area contributed by atoms with Crippen LogP contribution in [0.1, 0.15) is 11.1 Å². The third kappa shape index (κ3) is 1.86. The van der Waals surface area contributed by atoms with Crippen LogP contribution in [0, 0.1) is 0 Å². The fourth-order valence-corrected chi connectivity index (χ4v) is 2.92. The Morgan fingerprint density at radius 1 is 0.765 bits per heavy atom. The number of benzene rings is 2. The molecule has 1 nitrogen and oxygen atoms in total. The Morgan fingerprint density at radius 3 is 1.71 bits per heavy atom. The second kappa shape index (κ2) is 4.53. The Hall–Kier alpha value is -1.29. The quantitative estimate of drug-likeness (QED) is 0.415. The molecule has 17 heavy (non-hydrogen) atoms. The smallest absolute Gasteiger partial charge is 0.0748 e. The zero-order chi connectivity index (χ0) is 11.7. The summed E-state index contributed by atoms with van der Waals surface area (Å²) in [5, 5.41) is 0. The van der Waals surface area contributed by atoms with E-state index in [4.69, 9.17) is 0 Å². The van der Waals surface area contributed by atoms with Gasteiger partial charge >= 0.3 is 0 Å². The topological polar surface area (TPSA) is 3.24 Å². The van der Waals surface area contributed by atoms with E-state index < -0.39 is 0 Å². The number of hydrogen-bond acceptors (Lipinski definition) is 1. The van der Waals surface area contributed by atoms with Gasteiger partial charge < -0.3 is 4.90 Å². The molecule has 2 aromatic rings. The minimum Gasteiger partial charge on any atom is -0.331 e. The molecule has 0 N–H and O–H groups in total. The van der Waals surface area contributed by atoms with Crippen LogP contribution >= 0.6 is 22.6 Å². The normalized spacial score (nSPS) is 12.9. The first-order valence-corrected chi connectivity index (χ1v) is 7.12. The third-order valence-corrected chi connectivity index (χ3v) is 3.70. The largest absolute Gasteiger partial charge is 0.331 e. The number of nitrogens with zero attached hydrogens (tertiary/aromatic N) is 1. The van der Waals surface area contributed by atoms with Crippen molar-refractivity contribution in [3.05, 3.63) is 59.7 Å². The number of anilines is 2. The molecule has 0 aromatic heterocycles. The Labute approximate surface area is 115 Å². The molecular formula is C15H12IN. The van der Waals surface area contributed by atoms with Crippen molar-refractivity contribution in [1.82, 2.24) is 0 Å². The molecule has 3 rings (SSSR count). The van der Waals surface area contributed by atoms with Crippen LogP contribution < -0.4 is 4.90 Å². The minimum absolute atomic E-state index is 0.952. The van der Waals surface area contributed by atoms with E-state index in [2.05, 4.69) is 88.2 Å². The van der Waals surface area contributed by atoms with Gasteiger partial charge in [-0.2, -0.15) is 0 Å². The highest BCUT2D eigenvalue weighted by Crippen LogP contribution is 2.36. The molecule has 0 unspecified atom stereocenters. The van der Waals surface area contributed by atoms with E-state index in [0.29, 0.717) is 0 Å². The van der Waals surface area contributed by atoms with Gasteiger partial charge in [-0.15, -0.1) is 0 Å². The van der Waals surface area contributed by atoms with Gasteiger partial charge in [0.05, 0.1) is 4.55 Å². The summed E-state index contributed by atoms with van der Waals surface area (Å²) in [5.74, 6) is 0. The lowest BCUT2D eigenvalue weighted by Gasteiger charge is -2.24. The lowest BCUT2D eigenvalue weighted by atomic mass is 10.1. The molecule has 2 aromatic carbocycles. The molecule has 84 valence electrons. The first-order chi connectivity index (χ1) is 8.40. The predicted molar refractivity (Wildman–Crippen MR) is 82.8 cm³/mol. The van der Waals surface area contributed by atoms with Gasteiger partial charge in [-0.25, -0.2) is 0 Å². The molecule has 2 heteroatoms. The number of para-hydroxylation sites is 2. The van der Waals surface area contributed by atoms with Crippen LogP contribution in [0.25, 0.3) is 12.2 Å². The van der Waals surface area contributed by atoms with Crippen LogP contribution in [0.5, 0.6) is 0 Å². The van der Waals surface area contributed by atoms with Crippen LogP contribution in [0.15, 0.2) is 48.5 Å². The van der Waals surface area contributed by atoms with Crippen molar-refractivity contribution in [1.29, 1.82) is 0 Å². The van der Waals surface area contributed by atoms with Gasteiger partial charge in [0.1, 0.15) is 0 Å². The molecule has 0 bridgehead atoms. The molecule has 0 saturated heterocycles. The van der Waals surface area contributed by atoms with Crippen LogP contribution in [-0.4, -0.2) is 4.55 Å². The number of halogens is 1. The Bertz CT molecular complexity index is 525. The third-order valence-electron chi connectivity index (χ3n) is 3.02. The summed E-state index contributed by atoms with van der Waals surface area (Å²) < 4.78 is 0.952. The molecule has 1 heterocycles. The van der Waals surface area contributed by atoms with Gasteiger partial charge in [-0.3, -0.25) is 0 Å². The highest BCUT2D eigenvalue weighted by Gasteiger charge is 2.15. The monoisotopic (exact) mass is 333 g/mol. The maximum absolute atomic E-state index is 2.42. The van der Waals surface area contributed by atoms with E-state index in [1.165, 1.54) is 22.5 Å². The van der Waals surface area contributed by atoms with E-state index in [9.17, 15) is 0 Å². The van der Waals surface area contributed by atoms with Crippen LogP contribution in [0.4, 0.5) is 11.4 Å². The van der Waals surface area contributed by atoms with Crippen molar-refractivity contribution in [3.63, 3.8) is 0 Å². The molecule has 0 aliphatic carbocycles. The standard InChI is InChI=1S/C15H12IN/c16-11-17-14-7-3-1-5-12(14)9-10-13-6-2-4-8-15(13)17/h1-10H,11H2. The molecule has 0 fully saturated rings. The van der Waals surface area contributed by atoms with Crippen molar-refractivity contribution in [2.75, 3.05) is 9.45 Å². The summed E-state index contributed by atoms with van der Waals surface area (Å²) in [6.45, 7) is 0. The summed E-state index contributed by atoms with van der Waals surface area (Å²) >= 11 is 2.42. The van der Waals surface area contributed by atoms with E-state index in [-0.39, 0.29) is 0 Å². The molecule has 0 atom stereocenters. The second-order valence-corrected chi connectivity index (χ2v) is 4.68. The SMILES string of the molecule is ICN1c2ccccc2C=Cc2ccccc21. The van der Waals surface area contributed by atoms with E-state index >= 15 is 0 Å². The fraction of sp³-hybridized carbons (Fsp3) is 0.0667. The molecule has 0 amide bonds. The van der Waals surface area contributed by atoms with Crippen LogP contribution in [-0.2, 0) is 0 Å². The lowest BCUT2D eigenvalue weighted by molar-refractivity contribution is 1.19. The van der Waals surface area contributed by atoms with E-state index in [0.717, 1.165) is 4.55 Å². The molecule has 1 aliphatic heterocycles. The summed E-state index contributed by atoms with van der Waals surface area (Å²) in [4.78, 5) is 2.35. The molecule has 0 spiro atoms. The van der Waals surface area contributed by atoms with Crippen molar-refractivity contribution in [2.24, 2.45) is 0 Å². The number of rotatable bonds is 1. The Kier molecular flexibility index (Phi) is 2.89. The van der Waals surface area contributed by atoms with Crippen molar-refractivity contribution >= 4 is 46.1 Å². The first kappa shape index (κ1) is 10.8. The van der Waals surface area contributed by atoms with Crippen molar-refractivity contribution < 1.29 is 0 Å². The Morgan fingerprint density at radius 2 is 1.24 bits per heavy atom. The fourth-order valence-electron chi connectivity index (χ4n) is 2.19. The zero-order valence-corrected chi connectivity index (χ0v) is 11.5. The number of alkyl halides is 1. The zero-order valence-electron chi connectivity index (χ0n) is 9.31. The number of fused-ring (bicyclic) bond motifs is 2. The van der Waals surface area contributed by atoms with Gasteiger partial charge in [0.15, 0.2) is 0 Å². The average Bonchev–Trinajstić information content (AvgIpc) is 2.55. The van der Waals surface area contributed by atoms with Crippen LogP contribution in [0.2, 0.25) is 0 Å². The summed E-state index contributed by atoms with van der Waals surface area (Å²) in [7, 11) is 0. The minimum atomic E-state index is 0.952. The molecule has 1 aliphatic rings. The van der Waals surface area contributed by atoms with Gasteiger partial charge in [-0.1, -0.05) is 71.1 Å². The first-order valence-electron chi connectivity index (χ1n) is 5.60. The summed E-state index contributed by atoms with van der Waals surface area (Å²) in [5.41, 5.74) is 5.12. The summed E-state index contributed by atoms with van der Waals surface area (Å²) in [6, 6.07) is 17.1. The van der Waals surface area contributed by atoms with Gasteiger partial charge in [0, 0.05) is 11.4 Å². The predicted octanol–water partition coefficient (Wildman–Crippen LogP) is 4.70. The molecule has 0 saturated carbocycles. The molecule has 0 radical (unpaired) electrons. The highest BCUT2D eigenvalue weighted by atomic mass is 127. The summed E-state index contributed by atoms with van der Waals surface area (Å²) in [6.07, 6.45) is 4.39. The molecular weight excluding hydrogens is 321 g/mol. The van der Waals surface area contributed by atoms with Gasteiger partial charge in [0.25, 0.3) is 0 Å². The average molecular weight is 333 g/mol. The lowest BCUT2D eigenvalue weighted by Crippen LogP contribution is -2.15. The maximum atomic E-state index is 2.42. The maximum Gasteiger partial charge on any atom is 0.0748 e. The van der Waals surface area contributed by atoms with Gasteiger partial charge in [-0.05, 0) is 23.3 Å². The highest BCUT2D eigenvalue weighted by molar-refractivity contribution is 14.1. The van der Waals surface area contributed by atoms with Crippen LogP contribution in [0.3, 0.4) is 0 Å². The van der Waals surface area contributed by atoms with E-state index in [1.807, 2.05) is 0 Å². The van der Waals surface area contributed by atoms with E-state index in [1.54, 1.807) is 0 Å². The van der Waals surface area contributed by atoms with Gasteiger partial charge in [0.2, 0.25) is 0 Å². The van der Waals surface area contributed by atoms with Crippen molar-refractivity contribution in [2.45, 2.75) is 0 Å². The Balaban J connectivity index is 2.25. The number of hydrogen-bond donors (Lipinski definition) is 0. The second-order valence-electron chi connectivity index (χ2n) is 4.00.